The number of allylic oxidation sites excluding steroid dienone is 4. The third-order valence-corrected chi connectivity index (χ3v) is 6.61. The third-order valence-electron chi connectivity index (χ3n) is 5.90. The van der Waals surface area contributed by atoms with Crippen LogP contribution in [-0.4, -0.2) is 0 Å². The Labute approximate surface area is 223 Å². The molecule has 3 aromatic rings. The molecular formula is C28H27Cl3Ti. The number of halogens is 3. The first-order valence-corrected chi connectivity index (χ1v) is 11.1. The first kappa shape index (κ1) is 28.8. The van der Waals surface area contributed by atoms with E-state index in [1.165, 1.54) is 31.7 Å². The first-order chi connectivity index (χ1) is 14.0. The van der Waals surface area contributed by atoms with Crippen LogP contribution in [0.15, 0.2) is 112 Å². The quantitative estimate of drug-likeness (QED) is 0.283. The summed E-state index contributed by atoms with van der Waals surface area (Å²) in [4.78, 5) is 0. The Morgan fingerprint density at radius 1 is 0.594 bits per heavy atom. The summed E-state index contributed by atoms with van der Waals surface area (Å²) in [7, 11) is 0. The molecule has 0 saturated heterocycles. The minimum absolute atomic E-state index is 0. The van der Waals surface area contributed by atoms with E-state index >= 15 is 0 Å². The molecule has 0 amide bonds. The van der Waals surface area contributed by atoms with Crippen molar-refractivity contribution >= 4 is 0 Å². The van der Waals surface area contributed by atoms with Gasteiger partial charge < -0.3 is 37.2 Å². The first-order valence-electron chi connectivity index (χ1n) is 10.3. The van der Waals surface area contributed by atoms with Gasteiger partial charge in [-0.3, -0.25) is 0 Å². The van der Waals surface area contributed by atoms with E-state index in [9.17, 15) is 0 Å². The van der Waals surface area contributed by atoms with Crippen LogP contribution in [0.4, 0.5) is 0 Å². The SMILES string of the molecule is CC(C)(C)C1=C(C(c2ccccc2)(c2ccccc2)c2ccccc2)CC=[C]1[Ti+3].[Cl-].[Cl-].[Cl-]. The molecule has 1 aliphatic carbocycles. The van der Waals surface area contributed by atoms with E-state index in [0.29, 0.717) is 0 Å². The van der Waals surface area contributed by atoms with Gasteiger partial charge in [-0.15, -0.1) is 0 Å². The van der Waals surface area contributed by atoms with Crippen LogP contribution >= 0.6 is 0 Å². The van der Waals surface area contributed by atoms with Crippen molar-refractivity contribution in [3.8, 4) is 0 Å². The summed E-state index contributed by atoms with van der Waals surface area (Å²) >= 11 is 2.28. The summed E-state index contributed by atoms with van der Waals surface area (Å²) in [6, 6.07) is 33.1. The Morgan fingerprint density at radius 3 is 1.25 bits per heavy atom. The van der Waals surface area contributed by atoms with Gasteiger partial charge in [0.25, 0.3) is 0 Å². The molecule has 0 heterocycles. The molecule has 0 unspecified atom stereocenters. The zero-order valence-corrected chi connectivity index (χ0v) is 22.4. The molecule has 0 aromatic heterocycles. The maximum absolute atomic E-state index is 2.42. The number of hydrogen-bond acceptors (Lipinski definition) is 0. The molecular weight excluding hydrogens is 491 g/mol. The smallest absolute Gasteiger partial charge is 1.00 e. The number of benzene rings is 3. The van der Waals surface area contributed by atoms with Crippen molar-refractivity contribution in [1.29, 1.82) is 0 Å². The second-order valence-electron chi connectivity index (χ2n) is 8.77. The third kappa shape index (κ3) is 5.11. The van der Waals surface area contributed by atoms with Crippen LogP contribution in [0.2, 0.25) is 0 Å². The van der Waals surface area contributed by atoms with Crippen molar-refractivity contribution in [2.45, 2.75) is 32.6 Å². The zero-order chi connectivity index (χ0) is 20.5. The predicted octanol–water partition coefficient (Wildman–Crippen LogP) is -1.79. The minimum atomic E-state index is -0.305. The maximum atomic E-state index is 2.42. The molecule has 1 aliphatic rings. The fourth-order valence-electron chi connectivity index (χ4n) is 4.86. The summed E-state index contributed by atoms with van der Waals surface area (Å²) in [6.07, 6.45) is 3.40. The van der Waals surface area contributed by atoms with Crippen molar-refractivity contribution < 1.29 is 57.7 Å². The second kappa shape index (κ2) is 11.7. The molecule has 4 heteroatoms. The second-order valence-corrected chi connectivity index (χ2v) is 9.61. The Hall–Kier alpha value is -1.28. The Bertz CT molecular complexity index is 953. The molecule has 0 aliphatic heterocycles. The van der Waals surface area contributed by atoms with Crippen LogP contribution in [0.1, 0.15) is 43.9 Å². The Balaban J connectivity index is 0.00000171. The minimum Gasteiger partial charge on any atom is -1.00 e. The van der Waals surface area contributed by atoms with Gasteiger partial charge in [0.1, 0.15) is 0 Å². The van der Waals surface area contributed by atoms with Gasteiger partial charge in [0.15, 0.2) is 0 Å². The summed E-state index contributed by atoms with van der Waals surface area (Å²) in [5.74, 6) is 0. The average molecular weight is 518 g/mol. The molecule has 0 spiro atoms. The van der Waals surface area contributed by atoms with Gasteiger partial charge in [-0.05, 0) is 0 Å². The van der Waals surface area contributed by atoms with Gasteiger partial charge in [0.2, 0.25) is 0 Å². The molecule has 0 fully saturated rings. The Kier molecular flexibility index (Phi) is 10.5. The standard InChI is InChI=1S/C28H27.3ClH.Ti/c1-27(2,3)25-20-13-21-26(25)28(22-14-7-4-8-15-22,23-16-9-5-10-17-23)24-18-11-6-12-19-24;;;;/h4-19H,21H2,1-3H3;3*1H;/q;;;;+3/p-3. The fraction of sp³-hybridized carbons (Fsp3) is 0.214. The van der Waals surface area contributed by atoms with E-state index in [-0.39, 0.29) is 48.1 Å². The van der Waals surface area contributed by atoms with E-state index in [1.807, 2.05) is 0 Å². The van der Waals surface area contributed by atoms with Gasteiger partial charge in [0, 0.05) is 0 Å². The molecule has 32 heavy (non-hydrogen) atoms. The van der Waals surface area contributed by atoms with E-state index in [4.69, 9.17) is 0 Å². The molecule has 0 saturated carbocycles. The molecule has 0 radical (unpaired) electrons. The molecule has 0 atom stereocenters. The Morgan fingerprint density at radius 2 is 0.938 bits per heavy atom. The van der Waals surface area contributed by atoms with Gasteiger partial charge in [-0.25, -0.2) is 0 Å². The predicted molar refractivity (Wildman–Crippen MR) is 118 cm³/mol. The van der Waals surface area contributed by atoms with Crippen LogP contribution in [0.25, 0.3) is 0 Å². The zero-order valence-electron chi connectivity index (χ0n) is 18.6. The summed E-state index contributed by atoms with van der Waals surface area (Å²) < 4.78 is 1.42. The summed E-state index contributed by atoms with van der Waals surface area (Å²) in [6.45, 7) is 7.03. The maximum Gasteiger partial charge on any atom is -1.00 e. The number of rotatable bonds is 4. The average Bonchev–Trinajstić information content (AvgIpc) is 3.13. The van der Waals surface area contributed by atoms with Crippen LogP contribution < -0.4 is 37.2 Å². The fourth-order valence-corrected chi connectivity index (χ4v) is 5.84. The molecule has 3 aromatic carbocycles. The largest absolute Gasteiger partial charge is 1.00 e. The molecule has 0 N–H and O–H groups in total. The van der Waals surface area contributed by atoms with Crippen LogP contribution in [0, 0.1) is 5.41 Å². The van der Waals surface area contributed by atoms with E-state index in [0.717, 1.165) is 6.42 Å². The van der Waals surface area contributed by atoms with Gasteiger partial charge in [-0.1, -0.05) is 0 Å². The van der Waals surface area contributed by atoms with Crippen LogP contribution in [0.3, 0.4) is 0 Å². The van der Waals surface area contributed by atoms with E-state index in [2.05, 4.69) is 138 Å². The summed E-state index contributed by atoms with van der Waals surface area (Å²) in [5.41, 5.74) is 6.77. The van der Waals surface area contributed by atoms with E-state index in [1.54, 1.807) is 0 Å². The van der Waals surface area contributed by atoms with Crippen LogP contribution in [0.5, 0.6) is 0 Å². The molecule has 0 nitrogen and oxygen atoms in total. The van der Waals surface area contributed by atoms with Crippen molar-refractivity contribution in [2.75, 3.05) is 0 Å². The van der Waals surface area contributed by atoms with Crippen molar-refractivity contribution in [2.24, 2.45) is 5.41 Å². The van der Waals surface area contributed by atoms with Gasteiger partial charge in [-0.2, -0.15) is 0 Å². The molecule has 4 rings (SSSR count). The monoisotopic (exact) mass is 516 g/mol. The topological polar surface area (TPSA) is 0 Å². The van der Waals surface area contributed by atoms with Crippen molar-refractivity contribution in [3.63, 3.8) is 0 Å². The normalized spacial score (nSPS) is 13.5. The van der Waals surface area contributed by atoms with Crippen LogP contribution in [-0.2, 0) is 25.9 Å². The van der Waals surface area contributed by atoms with Crippen molar-refractivity contribution in [3.05, 3.63) is 129 Å². The number of hydrogen-bond donors (Lipinski definition) is 0. The van der Waals surface area contributed by atoms with Crippen molar-refractivity contribution in [1.82, 2.24) is 0 Å². The van der Waals surface area contributed by atoms with E-state index < -0.39 is 0 Å². The van der Waals surface area contributed by atoms with Gasteiger partial charge >= 0.3 is 187 Å². The summed E-state index contributed by atoms with van der Waals surface area (Å²) in [5, 5.41) is 0. The molecule has 164 valence electrons. The molecule has 0 bridgehead atoms. The van der Waals surface area contributed by atoms with Gasteiger partial charge in [0.05, 0.1) is 0 Å².